The highest BCUT2D eigenvalue weighted by atomic mass is 19.1. The lowest BCUT2D eigenvalue weighted by Crippen LogP contribution is -2.44. The summed E-state index contributed by atoms with van der Waals surface area (Å²) in [5.74, 6) is -0.109. The highest BCUT2D eigenvalue weighted by Crippen LogP contribution is 2.38. The smallest absolute Gasteiger partial charge is 0.126 e. The van der Waals surface area contributed by atoms with E-state index in [4.69, 9.17) is 4.74 Å². The maximum absolute atomic E-state index is 14.0. The van der Waals surface area contributed by atoms with Crippen molar-refractivity contribution in [3.63, 3.8) is 0 Å². The predicted molar refractivity (Wildman–Crippen MR) is 86.4 cm³/mol. The Morgan fingerprint density at radius 3 is 2.86 bits per heavy atom. The van der Waals surface area contributed by atoms with Gasteiger partial charge in [0.2, 0.25) is 0 Å². The van der Waals surface area contributed by atoms with Gasteiger partial charge in [0.1, 0.15) is 5.82 Å². The van der Waals surface area contributed by atoms with Gasteiger partial charge < -0.3 is 15.2 Å². The number of aliphatic hydroxyl groups is 1. The van der Waals surface area contributed by atoms with E-state index in [1.807, 2.05) is 6.07 Å². The number of methoxy groups -OCH3 is 1. The minimum atomic E-state index is -0.963. The Balaban J connectivity index is 2.20. The van der Waals surface area contributed by atoms with Crippen LogP contribution in [0.2, 0.25) is 0 Å². The van der Waals surface area contributed by atoms with E-state index in [-0.39, 0.29) is 11.7 Å². The van der Waals surface area contributed by atoms with Crippen LogP contribution in [-0.2, 0) is 10.3 Å². The van der Waals surface area contributed by atoms with Crippen LogP contribution in [-0.4, -0.2) is 31.9 Å². The first-order valence-electron chi connectivity index (χ1n) is 8.26. The SMILES string of the molecule is COCCCC[C@@](O)(c1ccc(C)c(F)c1)[C@@H]1CCCNC1. The highest BCUT2D eigenvalue weighted by molar-refractivity contribution is 5.29. The molecule has 1 fully saturated rings. The molecule has 0 radical (unpaired) electrons. The Morgan fingerprint density at radius 1 is 1.41 bits per heavy atom. The Bertz CT molecular complexity index is 474. The second-order valence-electron chi connectivity index (χ2n) is 6.38. The monoisotopic (exact) mass is 309 g/mol. The van der Waals surface area contributed by atoms with Gasteiger partial charge in [-0.1, -0.05) is 12.1 Å². The van der Waals surface area contributed by atoms with Crippen molar-refractivity contribution in [3.8, 4) is 0 Å². The van der Waals surface area contributed by atoms with Crippen molar-refractivity contribution in [1.29, 1.82) is 0 Å². The molecule has 1 heterocycles. The van der Waals surface area contributed by atoms with E-state index in [1.165, 1.54) is 6.07 Å². The van der Waals surface area contributed by atoms with Crippen molar-refractivity contribution >= 4 is 0 Å². The zero-order valence-electron chi connectivity index (χ0n) is 13.7. The van der Waals surface area contributed by atoms with Crippen molar-refractivity contribution in [2.45, 2.75) is 44.6 Å². The molecular formula is C18H28FNO2. The zero-order chi connectivity index (χ0) is 16.0. The van der Waals surface area contributed by atoms with Crippen LogP contribution in [0.15, 0.2) is 18.2 Å². The number of ether oxygens (including phenoxy) is 1. The van der Waals surface area contributed by atoms with Crippen molar-refractivity contribution in [1.82, 2.24) is 5.32 Å². The first kappa shape index (κ1) is 17.4. The van der Waals surface area contributed by atoms with Crippen molar-refractivity contribution in [2.75, 3.05) is 26.8 Å². The molecule has 1 aromatic rings. The summed E-state index contributed by atoms with van der Waals surface area (Å²) < 4.78 is 19.1. The molecule has 0 unspecified atom stereocenters. The van der Waals surface area contributed by atoms with Crippen LogP contribution in [0.4, 0.5) is 4.39 Å². The number of unbranched alkanes of at least 4 members (excludes halogenated alkanes) is 1. The van der Waals surface area contributed by atoms with E-state index in [0.717, 1.165) is 38.8 Å². The zero-order valence-corrected chi connectivity index (χ0v) is 13.7. The molecule has 1 aliphatic rings. The average molecular weight is 309 g/mol. The van der Waals surface area contributed by atoms with Gasteiger partial charge in [0.05, 0.1) is 5.60 Å². The molecule has 22 heavy (non-hydrogen) atoms. The van der Waals surface area contributed by atoms with Gasteiger partial charge in [0, 0.05) is 26.2 Å². The number of halogens is 1. The van der Waals surface area contributed by atoms with Gasteiger partial charge >= 0.3 is 0 Å². The van der Waals surface area contributed by atoms with Crippen molar-refractivity contribution in [2.24, 2.45) is 5.92 Å². The van der Waals surface area contributed by atoms with Crippen LogP contribution < -0.4 is 5.32 Å². The maximum atomic E-state index is 14.0. The van der Waals surface area contributed by atoms with Crippen LogP contribution in [0.25, 0.3) is 0 Å². The topological polar surface area (TPSA) is 41.5 Å². The maximum Gasteiger partial charge on any atom is 0.126 e. The lowest BCUT2D eigenvalue weighted by atomic mass is 9.74. The summed E-state index contributed by atoms with van der Waals surface area (Å²) in [7, 11) is 1.69. The molecule has 0 aromatic heterocycles. The summed E-state index contributed by atoms with van der Waals surface area (Å²) in [6.45, 7) is 4.23. The third kappa shape index (κ3) is 4.06. The quantitative estimate of drug-likeness (QED) is 0.760. The number of nitrogens with one attached hydrogen (secondary N) is 1. The summed E-state index contributed by atoms with van der Waals surface area (Å²) in [6.07, 6.45) is 4.46. The van der Waals surface area contributed by atoms with Crippen molar-refractivity contribution in [3.05, 3.63) is 35.1 Å². The molecule has 4 heteroatoms. The standard InChI is InChI=1S/C18H28FNO2/c1-14-7-8-15(12-17(14)19)18(21,9-3-4-11-22-2)16-6-5-10-20-13-16/h7-8,12,16,20-21H,3-6,9-11,13H2,1-2H3/t16-,18-/m1/s1. The van der Waals surface area contributed by atoms with E-state index in [2.05, 4.69) is 5.32 Å². The van der Waals surface area contributed by atoms with E-state index >= 15 is 0 Å². The second kappa shape index (κ2) is 8.04. The second-order valence-corrected chi connectivity index (χ2v) is 6.38. The summed E-state index contributed by atoms with van der Waals surface area (Å²) in [5.41, 5.74) is 0.365. The van der Waals surface area contributed by atoms with Crippen LogP contribution in [0, 0.1) is 18.7 Å². The molecule has 1 saturated heterocycles. The highest BCUT2D eigenvalue weighted by Gasteiger charge is 2.38. The fourth-order valence-corrected chi connectivity index (χ4v) is 3.35. The number of benzene rings is 1. The fourth-order valence-electron chi connectivity index (χ4n) is 3.35. The third-order valence-electron chi connectivity index (χ3n) is 4.80. The molecule has 2 rings (SSSR count). The molecule has 3 nitrogen and oxygen atoms in total. The Morgan fingerprint density at radius 2 is 2.23 bits per heavy atom. The minimum Gasteiger partial charge on any atom is -0.385 e. The van der Waals surface area contributed by atoms with E-state index in [9.17, 15) is 9.50 Å². The summed E-state index contributed by atoms with van der Waals surface area (Å²) in [4.78, 5) is 0. The number of hydrogen-bond acceptors (Lipinski definition) is 3. The first-order valence-corrected chi connectivity index (χ1v) is 8.26. The molecule has 2 atom stereocenters. The molecule has 2 N–H and O–H groups in total. The van der Waals surface area contributed by atoms with Gasteiger partial charge in [-0.3, -0.25) is 0 Å². The molecule has 0 saturated carbocycles. The normalized spacial score (nSPS) is 21.5. The molecule has 1 aliphatic heterocycles. The van der Waals surface area contributed by atoms with E-state index < -0.39 is 5.60 Å². The van der Waals surface area contributed by atoms with Gasteiger partial charge in [-0.15, -0.1) is 0 Å². The molecule has 124 valence electrons. The summed E-state index contributed by atoms with van der Waals surface area (Å²) >= 11 is 0. The molecule has 1 aromatic carbocycles. The van der Waals surface area contributed by atoms with Gasteiger partial charge in [0.25, 0.3) is 0 Å². The predicted octanol–water partition coefficient (Wildman–Crippen LogP) is 3.14. The third-order valence-corrected chi connectivity index (χ3v) is 4.80. The Labute approximate surface area is 132 Å². The van der Waals surface area contributed by atoms with Crippen molar-refractivity contribution < 1.29 is 14.2 Å². The number of rotatable bonds is 7. The van der Waals surface area contributed by atoms with Crippen LogP contribution in [0.5, 0.6) is 0 Å². The van der Waals surface area contributed by atoms with E-state index in [0.29, 0.717) is 24.2 Å². The van der Waals surface area contributed by atoms with Gasteiger partial charge in [-0.25, -0.2) is 4.39 Å². The lowest BCUT2D eigenvalue weighted by molar-refractivity contribution is -0.0436. The van der Waals surface area contributed by atoms with E-state index in [1.54, 1.807) is 20.1 Å². The van der Waals surface area contributed by atoms with Gasteiger partial charge in [0.15, 0.2) is 0 Å². The Kier molecular flexibility index (Phi) is 6.36. The number of aryl methyl sites for hydroxylation is 1. The van der Waals surface area contributed by atoms with Crippen LogP contribution in [0.1, 0.15) is 43.2 Å². The summed E-state index contributed by atoms with van der Waals surface area (Å²) in [5, 5.41) is 14.7. The van der Waals surface area contributed by atoms with Gasteiger partial charge in [-0.05, 0) is 62.8 Å². The number of hydrogen-bond donors (Lipinski definition) is 2. The molecule has 0 spiro atoms. The van der Waals surface area contributed by atoms with Gasteiger partial charge in [-0.2, -0.15) is 0 Å². The lowest BCUT2D eigenvalue weighted by Gasteiger charge is -2.39. The Hall–Kier alpha value is -0.970. The van der Waals surface area contributed by atoms with Crippen LogP contribution in [0.3, 0.4) is 0 Å². The fraction of sp³-hybridized carbons (Fsp3) is 0.667. The number of piperidine rings is 1. The molecule has 0 amide bonds. The first-order chi connectivity index (χ1) is 10.6. The largest absolute Gasteiger partial charge is 0.385 e. The average Bonchev–Trinajstić information content (AvgIpc) is 2.55. The minimum absolute atomic E-state index is 0.130. The molecule has 0 aliphatic carbocycles. The summed E-state index contributed by atoms with van der Waals surface area (Å²) in [6, 6.07) is 5.16. The van der Waals surface area contributed by atoms with Crippen LogP contribution >= 0.6 is 0 Å². The molecule has 0 bridgehead atoms. The molecular weight excluding hydrogens is 281 g/mol.